The minimum Gasteiger partial charge on any atom is -0.400 e. The highest BCUT2D eigenvalue weighted by Gasteiger charge is 2.50. The summed E-state index contributed by atoms with van der Waals surface area (Å²) in [5.74, 6) is 2.08. The molecule has 0 aromatic heterocycles. The van der Waals surface area contributed by atoms with Gasteiger partial charge in [0, 0.05) is 12.9 Å². The van der Waals surface area contributed by atoms with Gasteiger partial charge in [0.25, 0.3) is 0 Å². The fourth-order valence-corrected chi connectivity index (χ4v) is 12.3. The van der Waals surface area contributed by atoms with Gasteiger partial charge in [0.15, 0.2) is 0 Å². The van der Waals surface area contributed by atoms with Crippen LogP contribution in [0.1, 0.15) is 62.9 Å². The molecule has 0 saturated carbocycles. The minimum absolute atomic E-state index is 0. The van der Waals surface area contributed by atoms with E-state index in [0.717, 1.165) is 21.2 Å². The lowest BCUT2D eigenvalue weighted by molar-refractivity contribution is 0.00578. The monoisotopic (exact) mass is 1200 g/mol. The Labute approximate surface area is 529 Å². The summed E-state index contributed by atoms with van der Waals surface area (Å²) in [5.41, 5.74) is 12.6. The average Bonchev–Trinajstić information content (AvgIpc) is 1.16. The van der Waals surface area contributed by atoms with Crippen molar-refractivity contribution in [2.24, 2.45) is 0 Å². The zero-order valence-corrected chi connectivity index (χ0v) is 51.0. The van der Waals surface area contributed by atoms with Crippen molar-refractivity contribution >= 4 is 113 Å². The highest BCUT2D eigenvalue weighted by atomic mass is 79.9. The summed E-state index contributed by atoms with van der Waals surface area (Å²) in [6.07, 6.45) is 2.29. The van der Waals surface area contributed by atoms with Crippen LogP contribution in [0.4, 0.5) is 0 Å². The van der Waals surface area contributed by atoms with Crippen molar-refractivity contribution in [3.05, 3.63) is 342 Å². The number of rotatable bonds is 8. The van der Waals surface area contributed by atoms with E-state index < -0.39 is 0 Å². The Morgan fingerprint density at radius 1 is 0.307 bits per heavy atom. The van der Waals surface area contributed by atoms with Crippen LogP contribution in [0.2, 0.25) is 0 Å². The fraction of sp³-hybridized carbons (Fsp3) is 0.0843. The maximum absolute atomic E-state index is 6.14. The van der Waals surface area contributed by atoms with Crippen LogP contribution in [0.5, 0.6) is 0 Å². The summed E-state index contributed by atoms with van der Waals surface area (Å²) in [4.78, 5) is 0. The van der Waals surface area contributed by atoms with Crippen LogP contribution < -0.4 is 0 Å². The lowest BCUT2D eigenvalue weighted by Gasteiger charge is -2.32. The summed E-state index contributed by atoms with van der Waals surface area (Å²) < 4.78 is 13.4. The molecule has 0 bridgehead atoms. The third-order valence-corrected chi connectivity index (χ3v) is 17.7. The second-order valence-electron chi connectivity index (χ2n) is 23.1. The molecule has 0 aliphatic carbocycles. The normalized spacial score (nSPS) is 12.9. The molecule has 0 N–H and O–H groups in total. The van der Waals surface area contributed by atoms with Gasteiger partial charge in [-0.05, 0) is 190 Å². The predicted octanol–water partition coefficient (Wildman–Crippen LogP) is 23.0. The Bertz CT molecular complexity index is 4620. The quantitative estimate of drug-likeness (QED) is 0.0858. The van der Waals surface area contributed by atoms with E-state index in [1.54, 1.807) is 0 Å². The Morgan fingerprint density at radius 2 is 0.568 bits per heavy atom. The van der Waals surface area contributed by atoms with Crippen molar-refractivity contribution in [3.8, 4) is 22.3 Å². The molecule has 1 heterocycles. The molecule has 3 radical (unpaired) electrons. The van der Waals surface area contributed by atoms with Gasteiger partial charge >= 0.3 is 7.12 Å². The molecule has 14 aromatic rings. The molecule has 0 spiro atoms. The van der Waals surface area contributed by atoms with E-state index in [2.05, 4.69) is 347 Å². The molecule has 2 nitrogen and oxygen atoms in total. The predicted molar refractivity (Wildman–Crippen MR) is 385 cm³/mol. The summed E-state index contributed by atoms with van der Waals surface area (Å²) in [6.45, 7) is 8.30. The summed E-state index contributed by atoms with van der Waals surface area (Å²) in [7, 11) is -0.351. The topological polar surface area (TPSA) is 18.5 Å². The van der Waals surface area contributed by atoms with Crippen molar-refractivity contribution in [1.82, 2.24) is 0 Å². The Balaban J connectivity index is 0.000000141. The lowest BCUT2D eigenvalue weighted by atomic mass is 9.82. The Morgan fingerprint density at radius 3 is 0.898 bits per heavy atom. The molecule has 425 valence electrons. The molecule has 15 rings (SSSR count). The van der Waals surface area contributed by atoms with Crippen LogP contribution in [-0.4, -0.2) is 26.7 Å². The van der Waals surface area contributed by atoms with Gasteiger partial charge < -0.3 is 9.31 Å². The second-order valence-corrected chi connectivity index (χ2v) is 24.0. The first-order valence-corrected chi connectivity index (χ1v) is 30.4. The lowest BCUT2D eigenvalue weighted by Crippen LogP contribution is -2.41. The van der Waals surface area contributed by atoms with Gasteiger partial charge in [-0.2, -0.15) is 0 Å². The number of benzene rings is 14. The molecular weight excluding hydrogens is 1130 g/mol. The SMILES string of the molecule is Brc1ccc(-c2ccc3c4ccccc4c4ccccc4c3c2)cc1.C.C(=C(c1ccccc1)c1ccccc1)c1ccc(-c2ccc3c4ccccc4c4ccccc4c3c2)cc1.CC1(C)OB(C=C(c2ccccc2)c2ccccc2)OC1(C)C.[B]. The smallest absolute Gasteiger partial charge is 0.400 e. The summed E-state index contributed by atoms with van der Waals surface area (Å²) in [5, 5.41) is 15.7. The van der Waals surface area contributed by atoms with E-state index in [1.165, 1.54) is 109 Å². The van der Waals surface area contributed by atoms with Crippen molar-refractivity contribution in [1.29, 1.82) is 0 Å². The number of fused-ring (bicyclic) bond motifs is 12. The first kappa shape index (κ1) is 60.3. The van der Waals surface area contributed by atoms with Crippen molar-refractivity contribution in [3.63, 3.8) is 0 Å². The molecule has 0 amide bonds. The largest absolute Gasteiger partial charge is 0.487 e. The molecule has 0 atom stereocenters. The van der Waals surface area contributed by atoms with E-state index in [0.29, 0.717) is 0 Å². The minimum atomic E-state index is -0.351. The highest BCUT2D eigenvalue weighted by Crippen LogP contribution is 2.41. The first-order valence-electron chi connectivity index (χ1n) is 29.6. The summed E-state index contributed by atoms with van der Waals surface area (Å²) in [6, 6.07) is 108. The van der Waals surface area contributed by atoms with Crippen LogP contribution in [0.25, 0.3) is 104 Å². The van der Waals surface area contributed by atoms with E-state index in [1.807, 2.05) is 12.1 Å². The standard InChI is InChI=1S/C38H26.C24H15Br.C20H23BO2.CH4.B/c1-3-11-29(12-4-1)37(30-13-5-2-6-14-30)25-27-19-21-28(22-20-27)31-23-24-36-34-17-8-7-15-32(34)33-16-9-10-18-35(33)38(36)26-31;25-18-12-9-16(10-13-18)17-11-14-23-21-7-2-1-5-19(21)20-6-3-4-8-22(20)24(23)15-17;1-19(2)20(3,4)23-21(22-19)15-18(16-11-7-5-8-12-16)17-13-9-6-10-14-17;;/h1-26H;1-15H;5-15H,1-4H3;1H4;. The van der Waals surface area contributed by atoms with Crippen LogP contribution in [0, 0.1) is 0 Å². The maximum Gasteiger partial charge on any atom is 0.487 e. The molecule has 5 heteroatoms. The molecule has 1 aliphatic rings. The van der Waals surface area contributed by atoms with Crippen molar-refractivity contribution in [2.45, 2.75) is 46.3 Å². The number of hydrogen-bond donors (Lipinski definition) is 0. The van der Waals surface area contributed by atoms with Gasteiger partial charge in [-0.3, -0.25) is 0 Å². The third-order valence-electron chi connectivity index (χ3n) is 17.1. The first-order chi connectivity index (χ1) is 42.0. The van der Waals surface area contributed by atoms with Gasteiger partial charge in [-0.15, -0.1) is 0 Å². The van der Waals surface area contributed by atoms with Gasteiger partial charge in [-0.1, -0.05) is 302 Å². The number of hydrogen-bond acceptors (Lipinski definition) is 2. The van der Waals surface area contributed by atoms with Crippen molar-refractivity contribution < 1.29 is 9.31 Å². The maximum atomic E-state index is 6.14. The second kappa shape index (κ2) is 26.3. The molecular formula is C83H68B2BrO2. The van der Waals surface area contributed by atoms with E-state index >= 15 is 0 Å². The van der Waals surface area contributed by atoms with Crippen molar-refractivity contribution in [2.75, 3.05) is 0 Å². The van der Waals surface area contributed by atoms with Crippen LogP contribution in [0.15, 0.2) is 314 Å². The van der Waals surface area contributed by atoms with E-state index in [-0.39, 0.29) is 34.2 Å². The van der Waals surface area contributed by atoms with Gasteiger partial charge in [-0.25, -0.2) is 0 Å². The zero-order valence-electron chi connectivity index (χ0n) is 49.4. The molecule has 1 fully saturated rings. The van der Waals surface area contributed by atoms with Crippen LogP contribution in [-0.2, 0) is 9.31 Å². The Hall–Kier alpha value is -9.35. The Kier molecular flexibility index (Phi) is 18.0. The summed E-state index contributed by atoms with van der Waals surface area (Å²) >= 11 is 3.52. The van der Waals surface area contributed by atoms with Gasteiger partial charge in [0.2, 0.25) is 0 Å². The number of halogens is 1. The van der Waals surface area contributed by atoms with Gasteiger partial charge in [0.05, 0.1) is 11.2 Å². The third kappa shape index (κ3) is 12.5. The van der Waals surface area contributed by atoms with Crippen LogP contribution in [0.3, 0.4) is 0 Å². The van der Waals surface area contributed by atoms with Gasteiger partial charge in [0.1, 0.15) is 0 Å². The molecule has 88 heavy (non-hydrogen) atoms. The molecule has 0 unspecified atom stereocenters. The van der Waals surface area contributed by atoms with Crippen LogP contribution >= 0.6 is 15.9 Å². The fourth-order valence-electron chi connectivity index (χ4n) is 12.0. The highest BCUT2D eigenvalue weighted by molar-refractivity contribution is 9.10. The molecule has 1 saturated heterocycles. The van der Waals surface area contributed by atoms with E-state index in [4.69, 9.17) is 9.31 Å². The average molecular weight is 1200 g/mol. The molecule has 1 aliphatic heterocycles. The molecule has 14 aromatic carbocycles. The van der Waals surface area contributed by atoms with E-state index in [9.17, 15) is 0 Å². The zero-order chi connectivity index (χ0) is 58.6.